The molecule has 4 nitrogen and oxygen atoms in total. The summed E-state index contributed by atoms with van der Waals surface area (Å²) in [7, 11) is 1.50. The molecule has 0 radical (unpaired) electrons. The summed E-state index contributed by atoms with van der Waals surface area (Å²) in [5.41, 5.74) is 0.670. The van der Waals surface area contributed by atoms with E-state index in [1.165, 1.54) is 12.1 Å². The van der Waals surface area contributed by atoms with Crippen molar-refractivity contribution in [2.75, 3.05) is 11.4 Å². The Balaban J connectivity index is 3.05. The van der Waals surface area contributed by atoms with E-state index < -0.39 is 9.05 Å². The highest BCUT2D eigenvalue weighted by Gasteiger charge is 2.14. The van der Waals surface area contributed by atoms with Gasteiger partial charge in [0.2, 0.25) is 5.91 Å². The van der Waals surface area contributed by atoms with E-state index in [0.717, 1.165) is 0 Å². The monoisotopic (exact) mass is 275 g/mol. The third-order valence-corrected chi connectivity index (χ3v) is 3.72. The standard InChI is InChI=1S/C11H14ClNO3S/c1-3-11(14)13(4-2)9-5-7-10(8-6-9)17(12,15)16/h5-8H,3-4H2,1-2H3. The van der Waals surface area contributed by atoms with Gasteiger partial charge >= 0.3 is 0 Å². The molecule has 0 atom stereocenters. The number of carbonyl (C=O) groups excluding carboxylic acids is 1. The van der Waals surface area contributed by atoms with Crippen molar-refractivity contribution in [3.8, 4) is 0 Å². The first-order valence-electron chi connectivity index (χ1n) is 5.25. The van der Waals surface area contributed by atoms with Crippen molar-refractivity contribution in [1.82, 2.24) is 0 Å². The highest BCUT2D eigenvalue weighted by atomic mass is 35.7. The molecule has 6 heteroatoms. The van der Waals surface area contributed by atoms with E-state index in [-0.39, 0.29) is 10.8 Å². The van der Waals surface area contributed by atoms with Gasteiger partial charge in [-0.05, 0) is 31.2 Å². The summed E-state index contributed by atoms with van der Waals surface area (Å²) in [5, 5.41) is 0. The molecular formula is C11H14ClNO3S. The average molecular weight is 276 g/mol. The molecular weight excluding hydrogens is 262 g/mol. The fourth-order valence-electron chi connectivity index (χ4n) is 1.48. The van der Waals surface area contributed by atoms with Gasteiger partial charge in [0.25, 0.3) is 9.05 Å². The first-order valence-corrected chi connectivity index (χ1v) is 7.56. The maximum Gasteiger partial charge on any atom is 0.261 e. The van der Waals surface area contributed by atoms with E-state index in [4.69, 9.17) is 10.7 Å². The van der Waals surface area contributed by atoms with Gasteiger partial charge in [0.05, 0.1) is 4.90 Å². The summed E-state index contributed by atoms with van der Waals surface area (Å²) < 4.78 is 22.1. The van der Waals surface area contributed by atoms with Crippen LogP contribution in [0.3, 0.4) is 0 Å². The zero-order valence-electron chi connectivity index (χ0n) is 9.68. The van der Waals surface area contributed by atoms with Crippen LogP contribution in [0.2, 0.25) is 0 Å². The molecule has 0 saturated heterocycles. The van der Waals surface area contributed by atoms with E-state index >= 15 is 0 Å². The summed E-state index contributed by atoms with van der Waals surface area (Å²) in [6, 6.07) is 5.94. The van der Waals surface area contributed by atoms with Crippen molar-refractivity contribution in [2.24, 2.45) is 0 Å². The van der Waals surface area contributed by atoms with Crippen molar-refractivity contribution in [1.29, 1.82) is 0 Å². The lowest BCUT2D eigenvalue weighted by molar-refractivity contribution is -0.118. The minimum atomic E-state index is -3.71. The van der Waals surface area contributed by atoms with E-state index in [9.17, 15) is 13.2 Å². The number of halogens is 1. The first kappa shape index (κ1) is 14.0. The average Bonchev–Trinajstić information content (AvgIpc) is 2.29. The van der Waals surface area contributed by atoms with Crippen LogP contribution < -0.4 is 4.90 Å². The van der Waals surface area contributed by atoms with Gasteiger partial charge in [0, 0.05) is 29.3 Å². The molecule has 0 aliphatic rings. The van der Waals surface area contributed by atoms with E-state index in [2.05, 4.69) is 0 Å². The van der Waals surface area contributed by atoms with Crippen LogP contribution in [0, 0.1) is 0 Å². The quantitative estimate of drug-likeness (QED) is 0.793. The molecule has 1 aromatic carbocycles. The molecule has 0 heterocycles. The van der Waals surface area contributed by atoms with Crippen LogP contribution >= 0.6 is 10.7 Å². The van der Waals surface area contributed by atoms with Gasteiger partial charge in [-0.2, -0.15) is 0 Å². The Labute approximate surface area is 106 Å². The van der Waals surface area contributed by atoms with Crippen LogP contribution in [0.4, 0.5) is 5.69 Å². The van der Waals surface area contributed by atoms with Crippen molar-refractivity contribution in [3.05, 3.63) is 24.3 Å². The van der Waals surface area contributed by atoms with Gasteiger partial charge in [-0.3, -0.25) is 4.79 Å². The lowest BCUT2D eigenvalue weighted by Crippen LogP contribution is -2.29. The lowest BCUT2D eigenvalue weighted by atomic mass is 10.2. The van der Waals surface area contributed by atoms with Crippen molar-refractivity contribution in [2.45, 2.75) is 25.2 Å². The molecule has 0 unspecified atom stereocenters. The van der Waals surface area contributed by atoms with Crippen molar-refractivity contribution >= 4 is 31.3 Å². The zero-order chi connectivity index (χ0) is 13.1. The molecule has 1 aromatic rings. The fraction of sp³-hybridized carbons (Fsp3) is 0.364. The Kier molecular flexibility index (Phi) is 4.54. The van der Waals surface area contributed by atoms with Crippen LogP contribution in [0.15, 0.2) is 29.2 Å². The molecule has 94 valence electrons. The van der Waals surface area contributed by atoms with Gasteiger partial charge in [-0.25, -0.2) is 8.42 Å². The molecule has 0 aliphatic heterocycles. The molecule has 0 spiro atoms. The van der Waals surface area contributed by atoms with Crippen LogP contribution in [0.1, 0.15) is 20.3 Å². The topological polar surface area (TPSA) is 54.5 Å². The van der Waals surface area contributed by atoms with Crippen LogP contribution in [0.25, 0.3) is 0 Å². The fourth-order valence-corrected chi connectivity index (χ4v) is 2.25. The third kappa shape index (κ3) is 3.44. The summed E-state index contributed by atoms with van der Waals surface area (Å²) >= 11 is 0. The van der Waals surface area contributed by atoms with E-state index in [1.54, 1.807) is 24.0 Å². The van der Waals surface area contributed by atoms with Crippen molar-refractivity contribution < 1.29 is 13.2 Å². The van der Waals surface area contributed by atoms with Gasteiger partial charge in [-0.1, -0.05) is 6.92 Å². The van der Waals surface area contributed by atoms with Crippen LogP contribution in [-0.2, 0) is 13.8 Å². The summed E-state index contributed by atoms with van der Waals surface area (Å²) in [5.74, 6) is -0.00557. The molecule has 0 saturated carbocycles. The largest absolute Gasteiger partial charge is 0.313 e. The maximum atomic E-state index is 11.6. The van der Waals surface area contributed by atoms with Crippen LogP contribution in [0.5, 0.6) is 0 Å². The Hall–Kier alpha value is -1.07. The zero-order valence-corrected chi connectivity index (χ0v) is 11.3. The number of carbonyl (C=O) groups is 1. The molecule has 17 heavy (non-hydrogen) atoms. The Bertz CT molecular complexity index is 496. The lowest BCUT2D eigenvalue weighted by Gasteiger charge is -2.20. The van der Waals surface area contributed by atoms with Gasteiger partial charge < -0.3 is 4.90 Å². The van der Waals surface area contributed by atoms with Gasteiger partial charge in [0.1, 0.15) is 0 Å². The Morgan fingerprint density at radius 3 is 2.12 bits per heavy atom. The SMILES string of the molecule is CCC(=O)N(CC)c1ccc(S(=O)(=O)Cl)cc1. The number of hydrogen-bond donors (Lipinski definition) is 0. The van der Waals surface area contributed by atoms with Crippen molar-refractivity contribution in [3.63, 3.8) is 0 Å². The molecule has 0 fully saturated rings. The molecule has 0 aromatic heterocycles. The second-order valence-electron chi connectivity index (χ2n) is 3.42. The Morgan fingerprint density at radius 1 is 1.24 bits per heavy atom. The summed E-state index contributed by atoms with van der Waals surface area (Å²) in [4.78, 5) is 13.2. The number of hydrogen-bond acceptors (Lipinski definition) is 3. The smallest absolute Gasteiger partial charge is 0.261 e. The minimum Gasteiger partial charge on any atom is -0.313 e. The maximum absolute atomic E-state index is 11.6. The number of rotatable bonds is 4. The summed E-state index contributed by atoms with van der Waals surface area (Å²) in [6.45, 7) is 4.18. The number of benzene rings is 1. The molecule has 0 aliphatic carbocycles. The second-order valence-corrected chi connectivity index (χ2v) is 5.99. The molecule has 1 amide bonds. The number of amides is 1. The minimum absolute atomic E-state index is 0.00557. The summed E-state index contributed by atoms with van der Waals surface area (Å²) in [6.07, 6.45) is 0.406. The number of anilines is 1. The molecule has 0 bridgehead atoms. The van der Waals surface area contributed by atoms with Gasteiger partial charge in [-0.15, -0.1) is 0 Å². The normalized spacial score (nSPS) is 11.2. The van der Waals surface area contributed by atoms with E-state index in [1.807, 2.05) is 6.92 Å². The Morgan fingerprint density at radius 2 is 1.76 bits per heavy atom. The predicted octanol–water partition coefficient (Wildman–Crippen LogP) is 2.38. The highest BCUT2D eigenvalue weighted by molar-refractivity contribution is 8.13. The number of nitrogens with zero attached hydrogens (tertiary/aromatic N) is 1. The third-order valence-electron chi connectivity index (χ3n) is 2.35. The molecule has 0 N–H and O–H groups in total. The van der Waals surface area contributed by atoms with Crippen LogP contribution in [-0.4, -0.2) is 20.9 Å². The predicted molar refractivity (Wildman–Crippen MR) is 67.8 cm³/mol. The highest BCUT2D eigenvalue weighted by Crippen LogP contribution is 2.20. The molecule has 1 rings (SSSR count). The van der Waals surface area contributed by atoms with E-state index in [0.29, 0.717) is 18.7 Å². The van der Waals surface area contributed by atoms with Gasteiger partial charge in [0.15, 0.2) is 0 Å². The first-order chi connectivity index (χ1) is 7.90. The second kappa shape index (κ2) is 5.51.